The summed E-state index contributed by atoms with van der Waals surface area (Å²) in [6, 6.07) is 17.8. The number of amides is 3. The van der Waals surface area contributed by atoms with Crippen molar-refractivity contribution in [2.24, 2.45) is 14.1 Å². The number of hydrogen-bond acceptors (Lipinski definition) is 9. The quantitative estimate of drug-likeness (QED) is 0.192. The van der Waals surface area contributed by atoms with Crippen LogP contribution < -0.4 is 27.0 Å². The third kappa shape index (κ3) is 6.50. The van der Waals surface area contributed by atoms with E-state index in [0.717, 1.165) is 9.25 Å². The molecule has 0 saturated carbocycles. The van der Waals surface area contributed by atoms with E-state index in [9.17, 15) is 24.4 Å². The van der Waals surface area contributed by atoms with Gasteiger partial charge >= 0.3 is 5.69 Å². The van der Waals surface area contributed by atoms with Gasteiger partial charge in [0.15, 0.2) is 11.5 Å². The highest BCUT2D eigenvalue weighted by molar-refractivity contribution is 6.14. The molecule has 3 aromatic heterocycles. The minimum atomic E-state index is -0.587. The second-order valence-electron chi connectivity index (χ2n) is 10.1. The van der Waals surface area contributed by atoms with Crippen molar-refractivity contribution in [1.82, 2.24) is 29.1 Å². The molecule has 0 atom stereocenters. The Labute approximate surface area is 262 Å². The predicted molar refractivity (Wildman–Crippen MR) is 170 cm³/mol. The van der Waals surface area contributed by atoms with Gasteiger partial charge in [-0.15, -0.1) is 5.10 Å². The summed E-state index contributed by atoms with van der Waals surface area (Å²) in [5, 5.41) is 28.7. The van der Waals surface area contributed by atoms with E-state index >= 15 is 0 Å². The number of nitrogens with zero attached hydrogens (tertiary/aromatic N) is 7. The number of anilines is 4. The van der Waals surface area contributed by atoms with Crippen LogP contribution in [0.5, 0.6) is 0 Å². The lowest BCUT2D eigenvalue weighted by molar-refractivity contribution is 0.101. The van der Waals surface area contributed by atoms with Crippen LogP contribution in [0.1, 0.15) is 49.6 Å². The van der Waals surface area contributed by atoms with Crippen LogP contribution in [-0.4, -0.2) is 53.4 Å². The van der Waals surface area contributed by atoms with Gasteiger partial charge < -0.3 is 21.3 Å². The second kappa shape index (κ2) is 13.0. The fourth-order valence-corrected chi connectivity index (χ4v) is 4.63. The van der Waals surface area contributed by atoms with Crippen molar-refractivity contribution < 1.29 is 14.4 Å². The van der Waals surface area contributed by atoms with Crippen LogP contribution in [0.2, 0.25) is 0 Å². The van der Waals surface area contributed by atoms with Crippen molar-refractivity contribution in [3.8, 4) is 11.8 Å². The van der Waals surface area contributed by atoms with Gasteiger partial charge in [-0.05, 0) is 62.4 Å². The molecular formula is C31H29N11O4. The molecule has 5 aromatic rings. The highest BCUT2D eigenvalue weighted by atomic mass is 16.2. The first-order chi connectivity index (χ1) is 22.1. The van der Waals surface area contributed by atoms with Crippen LogP contribution in [0.4, 0.5) is 22.9 Å². The van der Waals surface area contributed by atoms with Gasteiger partial charge in [-0.2, -0.15) is 10.4 Å². The molecule has 5 rings (SSSR count). The first kappa shape index (κ1) is 30.9. The third-order valence-corrected chi connectivity index (χ3v) is 6.71. The molecule has 0 radical (unpaired) electrons. The number of nitrogens with one attached hydrogen (secondary N) is 4. The smallest absolute Gasteiger partial charge is 0.351 e. The van der Waals surface area contributed by atoms with E-state index in [2.05, 4.69) is 36.4 Å². The summed E-state index contributed by atoms with van der Waals surface area (Å²) in [7, 11) is 3.18. The summed E-state index contributed by atoms with van der Waals surface area (Å²) in [5.41, 5.74) is 1.80. The molecule has 0 fully saturated rings. The summed E-state index contributed by atoms with van der Waals surface area (Å²) in [6.45, 7) is 3.88. The topological polar surface area (TPSA) is 194 Å². The molecule has 3 heterocycles. The van der Waals surface area contributed by atoms with Crippen LogP contribution in [-0.2, 0) is 14.1 Å². The zero-order chi connectivity index (χ0) is 33.0. The van der Waals surface area contributed by atoms with Crippen molar-refractivity contribution >= 4 is 40.6 Å². The average Bonchev–Trinajstić information content (AvgIpc) is 3.58. The summed E-state index contributed by atoms with van der Waals surface area (Å²) >= 11 is 0. The Bertz CT molecular complexity index is 2070. The first-order valence-corrected chi connectivity index (χ1v) is 14.0. The van der Waals surface area contributed by atoms with E-state index in [1.54, 1.807) is 79.4 Å². The molecule has 3 amide bonds. The molecule has 232 valence electrons. The molecule has 0 unspecified atom stereocenters. The van der Waals surface area contributed by atoms with Crippen LogP contribution >= 0.6 is 0 Å². The maximum absolute atomic E-state index is 13.5. The Morgan fingerprint density at radius 1 is 0.891 bits per heavy atom. The molecule has 0 saturated heterocycles. The van der Waals surface area contributed by atoms with Gasteiger partial charge in [-0.1, -0.05) is 6.07 Å². The number of carbonyl (C=O) groups excluding carboxylic acids is 3. The Morgan fingerprint density at radius 2 is 1.63 bits per heavy atom. The fraction of sp³-hybridized carbons (Fsp3) is 0.161. The molecule has 0 aliphatic heterocycles. The monoisotopic (exact) mass is 619 g/mol. The zero-order valence-corrected chi connectivity index (χ0v) is 25.3. The van der Waals surface area contributed by atoms with Gasteiger partial charge in [-0.3, -0.25) is 19.1 Å². The van der Waals surface area contributed by atoms with Gasteiger partial charge in [-0.25, -0.2) is 19.0 Å². The Kier molecular flexibility index (Phi) is 8.71. The molecule has 4 N–H and O–H groups in total. The minimum Gasteiger partial charge on any atom is -0.383 e. The Balaban J connectivity index is 1.37. The van der Waals surface area contributed by atoms with Crippen LogP contribution in [0.25, 0.3) is 5.69 Å². The SMILES string of the molecule is CCNc1c(C(=O)Nc2ccc(-n3c(C#N)nn(C)c3=O)cc2)cc(C)nc1C(=O)Nc1cccc(C(=O)Nc2ccn(C)n2)c1. The summed E-state index contributed by atoms with van der Waals surface area (Å²) in [5.74, 6) is -1.18. The van der Waals surface area contributed by atoms with E-state index < -0.39 is 23.4 Å². The van der Waals surface area contributed by atoms with Gasteiger partial charge in [0.05, 0.1) is 16.9 Å². The molecule has 2 aromatic carbocycles. The summed E-state index contributed by atoms with van der Waals surface area (Å²) in [6.07, 6.45) is 1.70. The van der Waals surface area contributed by atoms with E-state index in [4.69, 9.17) is 0 Å². The van der Waals surface area contributed by atoms with E-state index in [1.807, 2.05) is 13.0 Å². The molecule has 0 bridgehead atoms. The van der Waals surface area contributed by atoms with Crippen molar-refractivity contribution in [3.05, 3.63) is 106 Å². The van der Waals surface area contributed by atoms with Crippen LogP contribution in [0.3, 0.4) is 0 Å². The van der Waals surface area contributed by atoms with Gasteiger partial charge in [0, 0.05) is 55.5 Å². The van der Waals surface area contributed by atoms with Gasteiger partial charge in [0.25, 0.3) is 17.7 Å². The molecule has 15 heteroatoms. The normalized spacial score (nSPS) is 10.6. The van der Waals surface area contributed by atoms with Crippen molar-refractivity contribution in [2.75, 3.05) is 27.8 Å². The van der Waals surface area contributed by atoms with Crippen molar-refractivity contribution in [3.63, 3.8) is 0 Å². The number of aryl methyl sites for hydroxylation is 3. The number of carbonyl (C=O) groups is 3. The lowest BCUT2D eigenvalue weighted by Gasteiger charge is -2.16. The Morgan fingerprint density at radius 3 is 2.30 bits per heavy atom. The summed E-state index contributed by atoms with van der Waals surface area (Å²) < 4.78 is 3.79. The molecule has 0 aliphatic carbocycles. The third-order valence-electron chi connectivity index (χ3n) is 6.71. The minimum absolute atomic E-state index is 0.00864. The number of nitriles is 1. The first-order valence-electron chi connectivity index (χ1n) is 14.0. The lowest BCUT2D eigenvalue weighted by atomic mass is 10.1. The zero-order valence-electron chi connectivity index (χ0n) is 25.3. The van der Waals surface area contributed by atoms with Crippen LogP contribution in [0.15, 0.2) is 71.7 Å². The lowest BCUT2D eigenvalue weighted by Crippen LogP contribution is -2.22. The highest BCUT2D eigenvalue weighted by Gasteiger charge is 2.23. The number of benzene rings is 2. The number of hydrogen-bond donors (Lipinski definition) is 4. The molecule has 0 aliphatic rings. The van der Waals surface area contributed by atoms with Crippen LogP contribution in [0, 0.1) is 18.3 Å². The van der Waals surface area contributed by atoms with Crippen molar-refractivity contribution in [2.45, 2.75) is 13.8 Å². The number of rotatable bonds is 9. The van der Waals surface area contributed by atoms with E-state index in [0.29, 0.717) is 40.7 Å². The number of pyridine rings is 1. The highest BCUT2D eigenvalue weighted by Crippen LogP contribution is 2.25. The maximum atomic E-state index is 13.5. The average molecular weight is 620 g/mol. The van der Waals surface area contributed by atoms with E-state index in [-0.39, 0.29) is 22.8 Å². The standard InChI is InChI=1S/C31H29N11O4/c1-5-33-26-23(29(44)35-20-9-11-22(12-10-20)42-25(17-32)39-41(4)31(42)46)15-18(2)34-27(26)30(45)36-21-8-6-7-19(16-21)28(43)37-24-13-14-40(3)38-24/h6-16,33H,5H2,1-4H3,(H,35,44)(H,36,45)(H,37,38,43). The van der Waals surface area contributed by atoms with Gasteiger partial charge in [0.2, 0.25) is 5.82 Å². The largest absolute Gasteiger partial charge is 0.383 e. The molecular weight excluding hydrogens is 590 g/mol. The second-order valence-corrected chi connectivity index (χ2v) is 10.1. The summed E-state index contributed by atoms with van der Waals surface area (Å²) in [4.78, 5) is 56.6. The molecule has 0 spiro atoms. The Hall–Kier alpha value is -6.56. The predicted octanol–water partition coefficient (Wildman–Crippen LogP) is 3.07. The van der Waals surface area contributed by atoms with Crippen molar-refractivity contribution in [1.29, 1.82) is 5.26 Å². The molecule has 46 heavy (non-hydrogen) atoms. The molecule has 15 nitrogen and oxygen atoms in total. The number of aromatic nitrogens is 6. The fourth-order valence-electron chi connectivity index (χ4n) is 4.63. The van der Waals surface area contributed by atoms with Gasteiger partial charge in [0.1, 0.15) is 6.07 Å². The maximum Gasteiger partial charge on any atom is 0.351 e. The van der Waals surface area contributed by atoms with E-state index in [1.165, 1.54) is 13.1 Å².